The van der Waals surface area contributed by atoms with Crippen molar-refractivity contribution in [1.82, 2.24) is 4.90 Å². The summed E-state index contributed by atoms with van der Waals surface area (Å²) in [5.41, 5.74) is -0.103. The van der Waals surface area contributed by atoms with Crippen LogP contribution in [0.25, 0.3) is 0 Å². The number of likely N-dealkylation sites (N-methyl/N-ethyl adjacent to an activating group) is 1. The fourth-order valence-corrected chi connectivity index (χ4v) is 2.19. The normalized spacial score (nSPS) is 11.9. The zero-order valence-corrected chi connectivity index (χ0v) is 13.1. The molecule has 1 unspecified atom stereocenters. The Bertz CT molecular complexity index is 752. The van der Waals surface area contributed by atoms with Crippen molar-refractivity contribution in [3.05, 3.63) is 65.0 Å². The molecule has 0 saturated carbocycles. The summed E-state index contributed by atoms with van der Waals surface area (Å²) in [4.78, 5) is 13.2. The van der Waals surface area contributed by atoms with Crippen LogP contribution in [-0.4, -0.2) is 36.6 Å². The Morgan fingerprint density at radius 2 is 1.92 bits per heavy atom. The molecule has 1 amide bonds. The standard InChI is InChI=1S/C17H16F3NO3/c1-21(9-14(22)10-4-3-5-11(8-10)24-2)17(23)12-6-7-13(18)16(20)15(12)19/h3-8,14,22H,9H2,1-2H3. The molecule has 0 aliphatic carbocycles. The van der Waals surface area contributed by atoms with Crippen LogP contribution in [0.1, 0.15) is 22.0 Å². The van der Waals surface area contributed by atoms with Gasteiger partial charge in [0.25, 0.3) is 5.91 Å². The van der Waals surface area contributed by atoms with Gasteiger partial charge >= 0.3 is 0 Å². The maximum atomic E-state index is 13.7. The average molecular weight is 339 g/mol. The number of halogens is 3. The van der Waals surface area contributed by atoms with Crippen molar-refractivity contribution >= 4 is 5.91 Å². The third-order valence-electron chi connectivity index (χ3n) is 3.54. The zero-order valence-electron chi connectivity index (χ0n) is 13.1. The number of carbonyl (C=O) groups is 1. The van der Waals surface area contributed by atoms with Crippen LogP contribution in [0.15, 0.2) is 36.4 Å². The molecule has 24 heavy (non-hydrogen) atoms. The summed E-state index contributed by atoms with van der Waals surface area (Å²) in [5, 5.41) is 10.2. The number of carbonyl (C=O) groups excluding carboxylic acids is 1. The lowest BCUT2D eigenvalue weighted by molar-refractivity contribution is 0.0675. The molecule has 0 fully saturated rings. The lowest BCUT2D eigenvalue weighted by Gasteiger charge is -2.21. The number of amides is 1. The fraction of sp³-hybridized carbons (Fsp3) is 0.235. The Balaban J connectivity index is 2.15. The van der Waals surface area contributed by atoms with Crippen molar-refractivity contribution in [2.45, 2.75) is 6.10 Å². The van der Waals surface area contributed by atoms with E-state index in [1.807, 2.05) is 0 Å². The van der Waals surface area contributed by atoms with Crippen LogP contribution in [0, 0.1) is 17.5 Å². The number of ether oxygens (including phenoxy) is 1. The molecule has 2 aromatic rings. The number of rotatable bonds is 5. The van der Waals surface area contributed by atoms with Gasteiger partial charge in [-0.15, -0.1) is 0 Å². The summed E-state index contributed by atoms with van der Waals surface area (Å²) in [6, 6.07) is 8.16. The molecule has 0 aromatic heterocycles. The number of hydrogen-bond donors (Lipinski definition) is 1. The average Bonchev–Trinajstić information content (AvgIpc) is 2.59. The van der Waals surface area contributed by atoms with Gasteiger partial charge in [0.2, 0.25) is 0 Å². The molecule has 1 N–H and O–H groups in total. The molecule has 0 saturated heterocycles. The van der Waals surface area contributed by atoms with Crippen molar-refractivity contribution in [3.63, 3.8) is 0 Å². The van der Waals surface area contributed by atoms with Crippen LogP contribution in [-0.2, 0) is 0 Å². The number of nitrogens with zero attached hydrogens (tertiary/aromatic N) is 1. The molecule has 2 rings (SSSR count). The summed E-state index contributed by atoms with van der Waals surface area (Å²) in [5.74, 6) is -4.96. The Morgan fingerprint density at radius 3 is 2.58 bits per heavy atom. The van der Waals surface area contributed by atoms with E-state index >= 15 is 0 Å². The molecular formula is C17H16F3NO3. The lowest BCUT2D eigenvalue weighted by Crippen LogP contribution is -2.32. The Kier molecular flexibility index (Phi) is 5.46. The third kappa shape index (κ3) is 3.68. The monoisotopic (exact) mass is 339 g/mol. The van der Waals surface area contributed by atoms with E-state index in [1.54, 1.807) is 24.3 Å². The summed E-state index contributed by atoms with van der Waals surface area (Å²) >= 11 is 0. The minimum atomic E-state index is -1.71. The van der Waals surface area contributed by atoms with Gasteiger partial charge in [-0.25, -0.2) is 13.2 Å². The molecule has 0 bridgehead atoms. The zero-order chi connectivity index (χ0) is 17.9. The highest BCUT2D eigenvalue weighted by molar-refractivity contribution is 5.94. The van der Waals surface area contributed by atoms with E-state index in [0.717, 1.165) is 11.0 Å². The van der Waals surface area contributed by atoms with Gasteiger partial charge in [-0.05, 0) is 29.8 Å². The van der Waals surface area contributed by atoms with Crippen molar-refractivity contribution in [1.29, 1.82) is 0 Å². The van der Waals surface area contributed by atoms with Crippen LogP contribution >= 0.6 is 0 Å². The predicted molar refractivity (Wildman–Crippen MR) is 81.2 cm³/mol. The smallest absolute Gasteiger partial charge is 0.256 e. The summed E-state index contributed by atoms with van der Waals surface area (Å²) in [6.45, 7) is -0.162. The van der Waals surface area contributed by atoms with Gasteiger partial charge in [-0.1, -0.05) is 12.1 Å². The molecule has 4 nitrogen and oxygen atoms in total. The maximum absolute atomic E-state index is 13.7. The van der Waals surface area contributed by atoms with Gasteiger partial charge in [0.05, 0.1) is 25.3 Å². The summed E-state index contributed by atoms with van der Waals surface area (Å²) in [6.07, 6.45) is -1.05. The molecule has 0 spiro atoms. The minimum absolute atomic E-state index is 0.162. The fourth-order valence-electron chi connectivity index (χ4n) is 2.19. The molecule has 2 aromatic carbocycles. The molecule has 7 heteroatoms. The van der Waals surface area contributed by atoms with E-state index in [-0.39, 0.29) is 6.54 Å². The first-order valence-corrected chi connectivity index (χ1v) is 7.06. The van der Waals surface area contributed by atoms with Crippen molar-refractivity contribution in [3.8, 4) is 5.75 Å². The van der Waals surface area contributed by atoms with Crippen molar-refractivity contribution < 1.29 is 27.8 Å². The van der Waals surface area contributed by atoms with E-state index in [0.29, 0.717) is 17.4 Å². The van der Waals surface area contributed by atoms with Gasteiger partial charge in [0, 0.05) is 7.05 Å². The molecule has 128 valence electrons. The van der Waals surface area contributed by atoms with E-state index in [4.69, 9.17) is 4.74 Å². The van der Waals surface area contributed by atoms with Crippen LogP contribution < -0.4 is 4.74 Å². The number of aliphatic hydroxyl groups is 1. The van der Waals surface area contributed by atoms with Crippen LogP contribution in [0.5, 0.6) is 5.75 Å². The first-order chi connectivity index (χ1) is 11.3. The topological polar surface area (TPSA) is 49.8 Å². The Hall–Kier alpha value is -2.54. The molecule has 0 aliphatic rings. The second kappa shape index (κ2) is 7.35. The first-order valence-electron chi connectivity index (χ1n) is 7.06. The molecule has 0 aliphatic heterocycles. The summed E-state index contributed by atoms with van der Waals surface area (Å²) < 4.78 is 44.9. The van der Waals surface area contributed by atoms with Gasteiger partial charge < -0.3 is 14.7 Å². The van der Waals surface area contributed by atoms with Gasteiger partial charge in [-0.3, -0.25) is 4.79 Å². The maximum Gasteiger partial charge on any atom is 0.256 e. The highest BCUT2D eigenvalue weighted by atomic mass is 19.2. The van der Waals surface area contributed by atoms with Gasteiger partial charge in [-0.2, -0.15) is 0 Å². The molecule has 0 heterocycles. The number of benzene rings is 2. The van der Waals surface area contributed by atoms with E-state index < -0.39 is 35.0 Å². The summed E-state index contributed by atoms with van der Waals surface area (Å²) in [7, 11) is 2.80. The first kappa shape index (κ1) is 17.8. The minimum Gasteiger partial charge on any atom is -0.497 e. The number of hydrogen-bond acceptors (Lipinski definition) is 3. The molecule has 0 radical (unpaired) electrons. The van der Waals surface area contributed by atoms with Crippen LogP contribution in [0.3, 0.4) is 0 Å². The lowest BCUT2D eigenvalue weighted by atomic mass is 10.1. The van der Waals surface area contributed by atoms with E-state index in [9.17, 15) is 23.1 Å². The molecular weight excluding hydrogens is 323 g/mol. The van der Waals surface area contributed by atoms with Gasteiger partial charge in [0.1, 0.15) is 5.75 Å². The second-order valence-corrected chi connectivity index (χ2v) is 5.20. The SMILES string of the molecule is COc1cccc(C(O)CN(C)C(=O)c2ccc(F)c(F)c2F)c1. The predicted octanol–water partition coefficient (Wildman–Crippen LogP) is 2.92. The largest absolute Gasteiger partial charge is 0.497 e. The van der Waals surface area contributed by atoms with Crippen molar-refractivity contribution in [2.24, 2.45) is 0 Å². The third-order valence-corrected chi connectivity index (χ3v) is 3.54. The van der Waals surface area contributed by atoms with E-state index in [1.165, 1.54) is 14.2 Å². The Labute approximate surface area is 137 Å². The van der Waals surface area contributed by atoms with Crippen LogP contribution in [0.2, 0.25) is 0 Å². The molecule has 1 atom stereocenters. The number of methoxy groups -OCH3 is 1. The second-order valence-electron chi connectivity index (χ2n) is 5.20. The van der Waals surface area contributed by atoms with Crippen LogP contribution in [0.4, 0.5) is 13.2 Å². The Morgan fingerprint density at radius 1 is 1.21 bits per heavy atom. The highest BCUT2D eigenvalue weighted by Crippen LogP contribution is 2.21. The van der Waals surface area contributed by atoms with E-state index in [2.05, 4.69) is 0 Å². The number of aliphatic hydroxyl groups excluding tert-OH is 1. The van der Waals surface area contributed by atoms with Gasteiger partial charge in [0.15, 0.2) is 17.5 Å². The quantitative estimate of drug-likeness (QED) is 0.852. The highest BCUT2D eigenvalue weighted by Gasteiger charge is 2.23. The van der Waals surface area contributed by atoms with Crippen molar-refractivity contribution in [2.75, 3.05) is 20.7 Å².